The van der Waals surface area contributed by atoms with Gasteiger partial charge in [-0.25, -0.2) is 0 Å². The van der Waals surface area contributed by atoms with Gasteiger partial charge >= 0.3 is 0 Å². The number of carbonyl (C=O) groups excluding carboxylic acids is 2. The van der Waals surface area contributed by atoms with Crippen molar-refractivity contribution in [2.75, 3.05) is 31.6 Å². The number of ether oxygens (including phenoxy) is 1. The van der Waals surface area contributed by atoms with Gasteiger partial charge in [-0.05, 0) is 30.9 Å². The largest absolute Gasteiger partial charge is 0.449 e. The molecule has 1 aromatic carbocycles. The van der Waals surface area contributed by atoms with Crippen molar-refractivity contribution >= 4 is 28.5 Å². The molecule has 1 saturated heterocycles. The van der Waals surface area contributed by atoms with Crippen molar-refractivity contribution in [2.24, 2.45) is 5.92 Å². The number of fused-ring (bicyclic) bond motifs is 1. The standard InChI is InChI=1S/C20H22N2O4/c23-17(13-14-5-1-2-6-14)21-18-15-7-3-4-8-16(15)26-19(18)20(24)22-9-11-25-12-10-22/h1,3-5,7-8,14H,2,6,9-13H2,(H,21,23)/t14-/m0/s1. The lowest BCUT2D eigenvalue weighted by Gasteiger charge is -2.26. The maximum absolute atomic E-state index is 12.9. The van der Waals surface area contributed by atoms with Gasteiger partial charge in [0.1, 0.15) is 11.3 Å². The summed E-state index contributed by atoms with van der Waals surface area (Å²) in [5, 5.41) is 3.68. The third-order valence-electron chi connectivity index (χ3n) is 4.91. The Morgan fingerprint density at radius 2 is 2.00 bits per heavy atom. The van der Waals surface area contributed by atoms with Gasteiger partial charge in [-0.1, -0.05) is 24.3 Å². The number of morpholine rings is 1. The van der Waals surface area contributed by atoms with E-state index in [0.29, 0.717) is 44.0 Å². The van der Waals surface area contributed by atoms with E-state index in [0.717, 1.165) is 18.2 Å². The predicted octanol–water partition coefficient (Wildman–Crippen LogP) is 3.20. The summed E-state index contributed by atoms with van der Waals surface area (Å²) < 4.78 is 11.1. The summed E-state index contributed by atoms with van der Waals surface area (Å²) in [5.41, 5.74) is 1.07. The summed E-state index contributed by atoms with van der Waals surface area (Å²) in [7, 11) is 0. The number of hydrogen-bond donors (Lipinski definition) is 1. The Labute approximate surface area is 151 Å². The number of nitrogens with one attached hydrogen (secondary N) is 1. The lowest BCUT2D eigenvalue weighted by molar-refractivity contribution is -0.116. The highest BCUT2D eigenvalue weighted by atomic mass is 16.5. The van der Waals surface area contributed by atoms with Crippen molar-refractivity contribution in [3.05, 3.63) is 42.2 Å². The number of nitrogens with zero attached hydrogens (tertiary/aromatic N) is 1. The smallest absolute Gasteiger partial charge is 0.291 e. The van der Waals surface area contributed by atoms with Gasteiger partial charge in [0.05, 0.1) is 13.2 Å². The summed E-state index contributed by atoms with van der Waals surface area (Å²) in [6.45, 7) is 2.08. The number of amides is 2. The number of carbonyl (C=O) groups is 2. The lowest BCUT2D eigenvalue weighted by Crippen LogP contribution is -2.40. The molecule has 0 spiro atoms. The number of para-hydroxylation sites is 1. The fourth-order valence-corrected chi connectivity index (χ4v) is 3.52. The van der Waals surface area contributed by atoms with Crippen molar-refractivity contribution in [3.63, 3.8) is 0 Å². The molecule has 1 atom stereocenters. The van der Waals surface area contributed by atoms with Crippen LogP contribution in [0.4, 0.5) is 5.69 Å². The average Bonchev–Trinajstić information content (AvgIpc) is 3.30. The third-order valence-corrected chi connectivity index (χ3v) is 4.91. The summed E-state index contributed by atoms with van der Waals surface area (Å²) in [4.78, 5) is 27.2. The van der Waals surface area contributed by atoms with Crippen LogP contribution in [-0.2, 0) is 9.53 Å². The minimum atomic E-state index is -0.208. The molecular formula is C20H22N2O4. The molecule has 1 aromatic heterocycles. The topological polar surface area (TPSA) is 71.8 Å². The Bertz CT molecular complexity index is 849. The Hall–Kier alpha value is -2.60. The van der Waals surface area contributed by atoms with E-state index in [1.807, 2.05) is 18.2 Å². The maximum atomic E-state index is 12.9. The van der Waals surface area contributed by atoms with Crippen LogP contribution in [-0.4, -0.2) is 43.0 Å². The van der Waals surface area contributed by atoms with Crippen LogP contribution >= 0.6 is 0 Å². The highest BCUT2D eigenvalue weighted by Crippen LogP contribution is 2.32. The van der Waals surface area contributed by atoms with Gasteiger partial charge in [-0.2, -0.15) is 0 Å². The van der Waals surface area contributed by atoms with Gasteiger partial charge in [0.2, 0.25) is 11.7 Å². The zero-order valence-corrected chi connectivity index (χ0v) is 14.6. The van der Waals surface area contributed by atoms with Gasteiger partial charge in [0.15, 0.2) is 0 Å². The quantitative estimate of drug-likeness (QED) is 0.856. The molecule has 1 N–H and O–H groups in total. The van der Waals surface area contributed by atoms with E-state index in [1.54, 1.807) is 11.0 Å². The molecule has 2 aliphatic rings. The SMILES string of the molecule is O=C(C[C@H]1C=CCC1)Nc1c(C(=O)N2CCOCC2)oc2ccccc12. The molecule has 1 aliphatic carbocycles. The van der Waals surface area contributed by atoms with Crippen LogP contribution in [0.25, 0.3) is 11.0 Å². The van der Waals surface area contributed by atoms with E-state index < -0.39 is 0 Å². The zero-order valence-electron chi connectivity index (χ0n) is 14.6. The highest BCUT2D eigenvalue weighted by Gasteiger charge is 2.28. The molecule has 0 bridgehead atoms. The molecule has 136 valence electrons. The predicted molar refractivity (Wildman–Crippen MR) is 98.0 cm³/mol. The van der Waals surface area contributed by atoms with Crippen molar-refractivity contribution in [2.45, 2.75) is 19.3 Å². The molecule has 0 saturated carbocycles. The van der Waals surface area contributed by atoms with Crippen LogP contribution in [0, 0.1) is 5.92 Å². The van der Waals surface area contributed by atoms with Crippen molar-refractivity contribution in [1.29, 1.82) is 0 Å². The summed E-state index contributed by atoms with van der Waals surface area (Å²) >= 11 is 0. The first kappa shape index (κ1) is 16.8. The fourth-order valence-electron chi connectivity index (χ4n) is 3.52. The third kappa shape index (κ3) is 3.37. The minimum absolute atomic E-state index is 0.0934. The second kappa shape index (κ2) is 7.33. The molecule has 26 heavy (non-hydrogen) atoms. The van der Waals surface area contributed by atoms with Gasteiger partial charge in [0, 0.05) is 24.9 Å². The molecular weight excluding hydrogens is 332 g/mol. The Morgan fingerprint density at radius 1 is 1.19 bits per heavy atom. The van der Waals surface area contributed by atoms with Gasteiger partial charge < -0.3 is 19.4 Å². The second-order valence-corrected chi connectivity index (χ2v) is 6.72. The highest BCUT2D eigenvalue weighted by molar-refractivity contribution is 6.10. The number of furan rings is 1. The first-order valence-electron chi connectivity index (χ1n) is 9.07. The molecule has 1 fully saturated rings. The second-order valence-electron chi connectivity index (χ2n) is 6.72. The van der Waals surface area contributed by atoms with Crippen molar-refractivity contribution in [3.8, 4) is 0 Å². The molecule has 4 rings (SSSR count). The van der Waals surface area contributed by atoms with Crippen LogP contribution in [0.3, 0.4) is 0 Å². The molecule has 6 nitrogen and oxygen atoms in total. The summed E-state index contributed by atoms with van der Waals surface area (Å²) in [6.07, 6.45) is 6.64. The van der Waals surface area contributed by atoms with E-state index in [-0.39, 0.29) is 23.5 Å². The number of rotatable bonds is 4. The van der Waals surface area contributed by atoms with E-state index in [9.17, 15) is 9.59 Å². The average molecular weight is 354 g/mol. The summed E-state index contributed by atoms with van der Waals surface area (Å²) in [6, 6.07) is 7.39. The van der Waals surface area contributed by atoms with Crippen LogP contribution in [0.15, 0.2) is 40.8 Å². The van der Waals surface area contributed by atoms with Crippen LogP contribution in [0.1, 0.15) is 29.8 Å². The van der Waals surface area contributed by atoms with Gasteiger partial charge in [0.25, 0.3) is 5.91 Å². The van der Waals surface area contributed by atoms with Crippen molar-refractivity contribution in [1.82, 2.24) is 4.90 Å². The monoisotopic (exact) mass is 354 g/mol. The van der Waals surface area contributed by atoms with E-state index in [1.165, 1.54) is 0 Å². The minimum Gasteiger partial charge on any atom is -0.449 e. The molecule has 6 heteroatoms. The van der Waals surface area contributed by atoms with Crippen LogP contribution < -0.4 is 5.32 Å². The lowest BCUT2D eigenvalue weighted by atomic mass is 10.0. The first-order valence-corrected chi connectivity index (χ1v) is 9.07. The molecule has 1 aliphatic heterocycles. The van der Waals surface area contributed by atoms with E-state index >= 15 is 0 Å². The van der Waals surface area contributed by atoms with Crippen molar-refractivity contribution < 1.29 is 18.7 Å². The van der Waals surface area contributed by atoms with Gasteiger partial charge in [-0.15, -0.1) is 0 Å². The van der Waals surface area contributed by atoms with Crippen LogP contribution in [0.2, 0.25) is 0 Å². The van der Waals surface area contributed by atoms with E-state index in [4.69, 9.17) is 9.15 Å². The Morgan fingerprint density at radius 3 is 2.77 bits per heavy atom. The maximum Gasteiger partial charge on any atom is 0.291 e. The molecule has 0 unspecified atom stereocenters. The zero-order chi connectivity index (χ0) is 17.9. The molecule has 0 radical (unpaired) electrons. The van der Waals surface area contributed by atoms with Crippen LogP contribution in [0.5, 0.6) is 0 Å². The number of allylic oxidation sites excluding steroid dienone is 2. The van der Waals surface area contributed by atoms with E-state index in [2.05, 4.69) is 17.5 Å². The first-order chi connectivity index (χ1) is 12.7. The summed E-state index contributed by atoms with van der Waals surface area (Å²) in [5.74, 6) is 0.166. The van der Waals surface area contributed by atoms with Gasteiger partial charge in [-0.3, -0.25) is 9.59 Å². The number of anilines is 1. The Balaban J connectivity index is 1.61. The normalized spacial score (nSPS) is 19.8. The molecule has 2 heterocycles. The molecule has 2 amide bonds. The fraction of sp³-hybridized carbons (Fsp3) is 0.400. The number of hydrogen-bond acceptors (Lipinski definition) is 4. The molecule has 2 aromatic rings. The Kier molecular flexibility index (Phi) is 4.75. The number of benzene rings is 1.